The van der Waals surface area contributed by atoms with Crippen LogP contribution in [0.25, 0.3) is 0 Å². The van der Waals surface area contributed by atoms with Crippen LogP contribution in [0.15, 0.2) is 34.1 Å². The van der Waals surface area contributed by atoms with E-state index >= 15 is 0 Å². The highest BCUT2D eigenvalue weighted by atomic mass is 79.9. The van der Waals surface area contributed by atoms with E-state index < -0.39 is 0 Å². The second-order valence-corrected chi connectivity index (χ2v) is 7.20. The van der Waals surface area contributed by atoms with Crippen molar-refractivity contribution in [2.75, 3.05) is 0 Å². The summed E-state index contributed by atoms with van der Waals surface area (Å²) in [6, 6.07) is 9.25. The summed E-state index contributed by atoms with van der Waals surface area (Å²) >= 11 is 5.19. The predicted molar refractivity (Wildman–Crippen MR) is 87.4 cm³/mol. The Hall–Kier alpha value is -0.840. The van der Waals surface area contributed by atoms with Crippen molar-refractivity contribution in [1.29, 1.82) is 0 Å². The standard InChI is InChI=1S/C16H18BrNOS/c1-11-2-5-16(12(6-11)8-18-14-3-4-14)19-9-15-7-13(17)10-20-15/h2,5-7,10,14,18H,3-4,8-9H2,1H3. The average Bonchev–Trinajstić information content (AvgIpc) is 3.17. The monoisotopic (exact) mass is 351 g/mol. The molecule has 0 saturated heterocycles. The molecule has 1 aromatic heterocycles. The van der Waals surface area contributed by atoms with Gasteiger partial charge in [-0.25, -0.2) is 0 Å². The normalized spacial score (nSPS) is 14.5. The molecule has 0 atom stereocenters. The molecule has 20 heavy (non-hydrogen) atoms. The van der Waals surface area contributed by atoms with Gasteiger partial charge in [0, 0.05) is 32.9 Å². The van der Waals surface area contributed by atoms with E-state index in [9.17, 15) is 0 Å². The van der Waals surface area contributed by atoms with Gasteiger partial charge in [-0.15, -0.1) is 11.3 Å². The van der Waals surface area contributed by atoms with Crippen molar-refractivity contribution in [1.82, 2.24) is 5.32 Å². The Bertz CT molecular complexity index is 592. The van der Waals surface area contributed by atoms with Crippen molar-refractivity contribution in [3.8, 4) is 5.75 Å². The van der Waals surface area contributed by atoms with Crippen LogP contribution in [-0.4, -0.2) is 6.04 Å². The van der Waals surface area contributed by atoms with Crippen LogP contribution >= 0.6 is 27.3 Å². The van der Waals surface area contributed by atoms with E-state index in [0.29, 0.717) is 6.61 Å². The van der Waals surface area contributed by atoms with Crippen LogP contribution in [0.5, 0.6) is 5.75 Å². The van der Waals surface area contributed by atoms with Crippen molar-refractivity contribution in [2.24, 2.45) is 0 Å². The van der Waals surface area contributed by atoms with Gasteiger partial charge in [0.15, 0.2) is 0 Å². The third-order valence-electron chi connectivity index (χ3n) is 3.37. The molecule has 0 unspecified atom stereocenters. The molecule has 2 aromatic rings. The first-order valence-electron chi connectivity index (χ1n) is 6.89. The molecule has 1 saturated carbocycles. The fourth-order valence-corrected chi connectivity index (χ4v) is 3.47. The minimum Gasteiger partial charge on any atom is -0.488 e. The minimum absolute atomic E-state index is 0.635. The van der Waals surface area contributed by atoms with Crippen molar-refractivity contribution >= 4 is 27.3 Å². The second kappa shape index (κ2) is 6.29. The molecule has 3 rings (SSSR count). The summed E-state index contributed by atoms with van der Waals surface area (Å²) in [6.07, 6.45) is 2.62. The highest BCUT2D eigenvalue weighted by Gasteiger charge is 2.20. The summed E-state index contributed by atoms with van der Waals surface area (Å²) in [5, 5.41) is 5.64. The summed E-state index contributed by atoms with van der Waals surface area (Å²) in [5.74, 6) is 0.994. The molecule has 0 bridgehead atoms. The summed E-state index contributed by atoms with van der Waals surface area (Å²) < 4.78 is 7.12. The summed E-state index contributed by atoms with van der Waals surface area (Å²) in [7, 11) is 0. The number of benzene rings is 1. The lowest BCUT2D eigenvalue weighted by Crippen LogP contribution is -2.16. The topological polar surface area (TPSA) is 21.3 Å². The van der Waals surface area contributed by atoms with Crippen LogP contribution in [0.4, 0.5) is 0 Å². The van der Waals surface area contributed by atoms with Crippen molar-refractivity contribution in [2.45, 2.75) is 39.0 Å². The number of ether oxygens (including phenoxy) is 1. The molecule has 1 fully saturated rings. The number of halogens is 1. The molecule has 0 spiro atoms. The lowest BCUT2D eigenvalue weighted by atomic mass is 10.1. The molecule has 0 aliphatic heterocycles. The minimum atomic E-state index is 0.635. The van der Waals surface area contributed by atoms with Gasteiger partial charge in [0.1, 0.15) is 12.4 Å². The van der Waals surface area contributed by atoms with Crippen LogP contribution in [0.2, 0.25) is 0 Å². The van der Waals surface area contributed by atoms with Crippen LogP contribution in [0, 0.1) is 6.92 Å². The van der Waals surface area contributed by atoms with Crippen molar-refractivity contribution < 1.29 is 4.74 Å². The Morgan fingerprint density at radius 1 is 1.35 bits per heavy atom. The molecule has 0 radical (unpaired) electrons. The SMILES string of the molecule is Cc1ccc(OCc2cc(Br)cs2)c(CNC2CC2)c1. The Kier molecular flexibility index (Phi) is 4.44. The molecular weight excluding hydrogens is 334 g/mol. The predicted octanol–water partition coefficient (Wildman–Crippen LogP) is 4.65. The molecule has 0 amide bonds. The first-order chi connectivity index (χ1) is 9.70. The maximum atomic E-state index is 5.99. The lowest BCUT2D eigenvalue weighted by molar-refractivity contribution is 0.305. The molecule has 1 heterocycles. The maximum absolute atomic E-state index is 5.99. The summed E-state index contributed by atoms with van der Waals surface area (Å²) in [6.45, 7) is 3.66. The van der Waals surface area contributed by atoms with E-state index in [2.05, 4.69) is 57.8 Å². The van der Waals surface area contributed by atoms with E-state index in [1.54, 1.807) is 11.3 Å². The smallest absolute Gasteiger partial charge is 0.124 e. The Labute approximate surface area is 132 Å². The Morgan fingerprint density at radius 2 is 2.20 bits per heavy atom. The average molecular weight is 352 g/mol. The van der Waals surface area contributed by atoms with Gasteiger partial charge < -0.3 is 10.1 Å². The van der Waals surface area contributed by atoms with E-state index in [1.807, 2.05) is 0 Å². The highest BCUT2D eigenvalue weighted by Crippen LogP contribution is 2.26. The summed E-state index contributed by atoms with van der Waals surface area (Å²) in [4.78, 5) is 1.23. The number of nitrogens with one attached hydrogen (secondary N) is 1. The Balaban J connectivity index is 1.66. The molecule has 4 heteroatoms. The van der Waals surface area contributed by atoms with Gasteiger partial charge in [0.2, 0.25) is 0 Å². The lowest BCUT2D eigenvalue weighted by Gasteiger charge is -2.12. The van der Waals surface area contributed by atoms with Crippen LogP contribution in [0.1, 0.15) is 28.8 Å². The second-order valence-electron chi connectivity index (χ2n) is 5.29. The number of aryl methyl sites for hydroxylation is 1. The van der Waals surface area contributed by atoms with Crippen LogP contribution in [0.3, 0.4) is 0 Å². The van der Waals surface area contributed by atoms with Gasteiger partial charge in [-0.1, -0.05) is 17.7 Å². The molecular formula is C16H18BrNOS. The fourth-order valence-electron chi connectivity index (χ4n) is 2.11. The third-order valence-corrected chi connectivity index (χ3v) is 5.04. The third kappa shape index (κ3) is 3.84. The van der Waals surface area contributed by atoms with Gasteiger partial charge in [-0.05, 0) is 47.8 Å². The van der Waals surface area contributed by atoms with Gasteiger partial charge in [0.05, 0.1) is 0 Å². The quantitative estimate of drug-likeness (QED) is 0.817. The van der Waals surface area contributed by atoms with Crippen LogP contribution < -0.4 is 10.1 Å². The number of hydrogen-bond acceptors (Lipinski definition) is 3. The zero-order valence-corrected chi connectivity index (χ0v) is 13.9. The van der Waals surface area contributed by atoms with Gasteiger partial charge >= 0.3 is 0 Å². The van der Waals surface area contributed by atoms with E-state index in [0.717, 1.165) is 22.8 Å². The van der Waals surface area contributed by atoms with Crippen LogP contribution in [-0.2, 0) is 13.2 Å². The molecule has 106 valence electrons. The first kappa shape index (κ1) is 14.1. The van der Waals surface area contributed by atoms with E-state index in [1.165, 1.54) is 28.8 Å². The Morgan fingerprint density at radius 3 is 2.90 bits per heavy atom. The van der Waals surface area contributed by atoms with Gasteiger partial charge in [-0.2, -0.15) is 0 Å². The van der Waals surface area contributed by atoms with E-state index in [-0.39, 0.29) is 0 Å². The zero-order chi connectivity index (χ0) is 13.9. The highest BCUT2D eigenvalue weighted by molar-refractivity contribution is 9.10. The molecule has 1 N–H and O–H groups in total. The largest absolute Gasteiger partial charge is 0.488 e. The van der Waals surface area contributed by atoms with Gasteiger partial charge in [-0.3, -0.25) is 0 Å². The fraction of sp³-hybridized carbons (Fsp3) is 0.375. The number of hydrogen-bond donors (Lipinski definition) is 1. The molecule has 1 aliphatic carbocycles. The number of thiophene rings is 1. The molecule has 2 nitrogen and oxygen atoms in total. The first-order valence-corrected chi connectivity index (χ1v) is 8.56. The molecule has 1 aromatic carbocycles. The van der Waals surface area contributed by atoms with E-state index in [4.69, 9.17) is 4.74 Å². The van der Waals surface area contributed by atoms with Crippen molar-refractivity contribution in [3.63, 3.8) is 0 Å². The maximum Gasteiger partial charge on any atom is 0.124 e. The number of rotatable bonds is 6. The zero-order valence-electron chi connectivity index (χ0n) is 11.5. The van der Waals surface area contributed by atoms with Crippen molar-refractivity contribution in [3.05, 3.63) is 50.1 Å². The molecule has 1 aliphatic rings. The summed E-state index contributed by atoms with van der Waals surface area (Å²) in [5.41, 5.74) is 2.54. The van der Waals surface area contributed by atoms with Gasteiger partial charge in [0.25, 0.3) is 0 Å².